The molecule has 0 saturated carbocycles. The summed E-state index contributed by atoms with van der Waals surface area (Å²) >= 11 is 12.3. The molecule has 3 aromatic carbocycles. The van der Waals surface area contributed by atoms with Gasteiger partial charge in [-0.3, -0.25) is 9.59 Å². The molecule has 1 atom stereocenters. The smallest absolute Gasteiger partial charge is 0.264 e. The molecule has 1 aliphatic heterocycles. The number of halogens is 2. The zero-order valence-electron chi connectivity index (χ0n) is 18.7. The summed E-state index contributed by atoms with van der Waals surface area (Å²) in [6, 6.07) is 19.4. The molecule has 3 aromatic rings. The van der Waals surface area contributed by atoms with E-state index in [9.17, 15) is 14.7 Å². The Labute approximate surface area is 203 Å². The molecule has 1 heterocycles. The molecule has 0 aliphatic carbocycles. The normalized spacial score (nSPS) is 17.9. The first-order chi connectivity index (χ1) is 15.5. The largest absolute Gasteiger partial charge is 0.375 e. The van der Waals surface area contributed by atoms with Gasteiger partial charge >= 0.3 is 0 Å². The van der Waals surface area contributed by atoms with Crippen LogP contribution in [0.1, 0.15) is 54.2 Å². The highest BCUT2D eigenvalue weighted by molar-refractivity contribution is 6.35. The van der Waals surface area contributed by atoms with E-state index >= 15 is 0 Å². The number of hydrogen-bond acceptors (Lipinski definition) is 3. The van der Waals surface area contributed by atoms with Crippen molar-refractivity contribution >= 4 is 40.6 Å². The Morgan fingerprint density at radius 2 is 1.67 bits per heavy atom. The number of carbonyl (C=O) groups is 2. The molecule has 1 amide bonds. The summed E-state index contributed by atoms with van der Waals surface area (Å²) in [4.78, 5) is 28.1. The highest BCUT2D eigenvalue weighted by Crippen LogP contribution is 2.44. The highest BCUT2D eigenvalue weighted by atomic mass is 35.5. The van der Waals surface area contributed by atoms with Gasteiger partial charge in [-0.1, -0.05) is 92.5 Å². The van der Waals surface area contributed by atoms with Crippen LogP contribution in [-0.4, -0.2) is 16.8 Å². The second-order valence-electron chi connectivity index (χ2n) is 9.43. The first kappa shape index (κ1) is 23.5. The fraction of sp³-hybridized carbons (Fsp3) is 0.259. The van der Waals surface area contributed by atoms with Crippen LogP contribution in [0.3, 0.4) is 0 Å². The van der Waals surface area contributed by atoms with E-state index in [0.717, 1.165) is 5.56 Å². The summed E-state index contributed by atoms with van der Waals surface area (Å²) in [5.41, 5.74) is 1.25. The fourth-order valence-electron chi connectivity index (χ4n) is 4.15. The molecule has 170 valence electrons. The third-order valence-electron chi connectivity index (χ3n) is 6.07. The molecule has 0 bridgehead atoms. The number of Topliss-reactive ketones (excluding diaryl/α,β-unsaturated/α-hetero) is 1. The maximum atomic E-state index is 13.5. The van der Waals surface area contributed by atoms with E-state index in [4.69, 9.17) is 23.2 Å². The molecule has 6 heteroatoms. The van der Waals surface area contributed by atoms with Crippen molar-refractivity contribution in [3.63, 3.8) is 0 Å². The van der Waals surface area contributed by atoms with Gasteiger partial charge in [0.15, 0.2) is 11.4 Å². The van der Waals surface area contributed by atoms with Crippen molar-refractivity contribution in [3.05, 3.63) is 99.0 Å². The lowest BCUT2D eigenvalue weighted by Crippen LogP contribution is -2.41. The Balaban J connectivity index is 1.64. The maximum absolute atomic E-state index is 13.5. The Morgan fingerprint density at radius 3 is 2.30 bits per heavy atom. The number of carbonyl (C=O) groups excluding carboxylic acids is 2. The number of fused-ring (bicyclic) bond motifs is 1. The molecule has 0 fully saturated rings. The van der Waals surface area contributed by atoms with Crippen LogP contribution < -0.4 is 4.90 Å². The van der Waals surface area contributed by atoms with Crippen molar-refractivity contribution in [3.8, 4) is 0 Å². The predicted octanol–water partition coefficient (Wildman–Crippen LogP) is 6.30. The van der Waals surface area contributed by atoms with Crippen LogP contribution in [0.4, 0.5) is 5.69 Å². The lowest BCUT2D eigenvalue weighted by atomic mass is 9.85. The van der Waals surface area contributed by atoms with Crippen molar-refractivity contribution in [1.29, 1.82) is 0 Å². The highest BCUT2D eigenvalue weighted by Gasteiger charge is 2.50. The van der Waals surface area contributed by atoms with Crippen LogP contribution in [-0.2, 0) is 22.4 Å². The van der Waals surface area contributed by atoms with Crippen LogP contribution in [0.5, 0.6) is 0 Å². The van der Waals surface area contributed by atoms with Crippen molar-refractivity contribution in [1.82, 2.24) is 0 Å². The van der Waals surface area contributed by atoms with Gasteiger partial charge in [0.25, 0.3) is 5.91 Å². The molecule has 4 rings (SSSR count). The van der Waals surface area contributed by atoms with E-state index in [1.807, 2.05) is 12.1 Å². The number of benzene rings is 3. The first-order valence-corrected chi connectivity index (χ1v) is 11.5. The number of aliphatic hydroxyl groups is 1. The SMILES string of the molecule is CC(C)(C)c1ccc(C(=O)CC2(O)C(=O)N(Cc3ccc(Cl)cc3Cl)c3ccccc32)cc1. The predicted molar refractivity (Wildman–Crippen MR) is 132 cm³/mol. The maximum Gasteiger partial charge on any atom is 0.264 e. The van der Waals surface area contributed by atoms with Gasteiger partial charge in [0, 0.05) is 21.2 Å². The third kappa shape index (κ3) is 4.43. The van der Waals surface area contributed by atoms with Crippen molar-refractivity contribution < 1.29 is 14.7 Å². The number of para-hydroxylation sites is 1. The summed E-state index contributed by atoms with van der Waals surface area (Å²) in [5.74, 6) is -0.845. The van der Waals surface area contributed by atoms with E-state index in [1.54, 1.807) is 54.6 Å². The van der Waals surface area contributed by atoms with Crippen molar-refractivity contribution in [2.75, 3.05) is 4.90 Å². The Morgan fingerprint density at radius 1 is 1.00 bits per heavy atom. The number of anilines is 1. The molecule has 0 radical (unpaired) electrons. The van der Waals surface area contributed by atoms with Gasteiger partial charge in [-0.25, -0.2) is 0 Å². The number of rotatable bonds is 5. The van der Waals surface area contributed by atoms with E-state index in [-0.39, 0.29) is 24.2 Å². The number of hydrogen-bond donors (Lipinski definition) is 1. The number of nitrogens with zero attached hydrogens (tertiary/aromatic N) is 1. The summed E-state index contributed by atoms with van der Waals surface area (Å²) in [7, 11) is 0. The number of amides is 1. The van der Waals surface area contributed by atoms with Crippen LogP contribution in [0.15, 0.2) is 66.7 Å². The Kier molecular flexibility index (Phi) is 6.12. The van der Waals surface area contributed by atoms with Gasteiger partial charge in [-0.2, -0.15) is 0 Å². The van der Waals surface area contributed by atoms with Crippen molar-refractivity contribution in [2.24, 2.45) is 0 Å². The minimum absolute atomic E-state index is 0.0381. The third-order valence-corrected chi connectivity index (χ3v) is 6.66. The minimum atomic E-state index is -1.95. The molecular weight excluding hydrogens is 457 g/mol. The topological polar surface area (TPSA) is 57.6 Å². The average molecular weight is 482 g/mol. The lowest BCUT2D eigenvalue weighted by molar-refractivity contribution is -0.136. The van der Waals surface area contributed by atoms with E-state index in [2.05, 4.69) is 20.8 Å². The van der Waals surface area contributed by atoms with Gasteiger partial charge in [-0.15, -0.1) is 0 Å². The van der Waals surface area contributed by atoms with Crippen LogP contribution >= 0.6 is 23.2 Å². The standard InChI is InChI=1S/C27H25Cl2NO3/c1-26(2,3)19-11-8-17(9-12-19)24(31)15-27(33)21-6-4-5-7-23(21)30(25(27)32)16-18-10-13-20(28)14-22(18)29/h4-14,33H,15-16H2,1-3H3. The van der Waals surface area contributed by atoms with Gasteiger partial charge in [-0.05, 0) is 34.7 Å². The van der Waals surface area contributed by atoms with E-state index in [0.29, 0.717) is 32.4 Å². The monoisotopic (exact) mass is 481 g/mol. The molecule has 1 unspecified atom stereocenters. The van der Waals surface area contributed by atoms with E-state index in [1.165, 1.54) is 4.90 Å². The minimum Gasteiger partial charge on any atom is -0.375 e. The van der Waals surface area contributed by atoms with E-state index < -0.39 is 11.5 Å². The summed E-state index contributed by atoms with van der Waals surface area (Å²) in [6.07, 6.45) is -0.345. The van der Waals surface area contributed by atoms with Gasteiger partial charge in [0.2, 0.25) is 0 Å². The van der Waals surface area contributed by atoms with Gasteiger partial charge in [0.05, 0.1) is 18.7 Å². The zero-order chi connectivity index (χ0) is 24.0. The Bertz CT molecular complexity index is 1230. The van der Waals surface area contributed by atoms with Crippen LogP contribution in [0.25, 0.3) is 0 Å². The van der Waals surface area contributed by atoms with Crippen molar-refractivity contribution in [2.45, 2.75) is 44.8 Å². The summed E-state index contributed by atoms with van der Waals surface area (Å²) in [5, 5.41) is 12.4. The first-order valence-electron chi connectivity index (χ1n) is 10.7. The van der Waals surface area contributed by atoms with Gasteiger partial charge in [0.1, 0.15) is 0 Å². The molecule has 0 aromatic heterocycles. The Hall–Kier alpha value is -2.66. The molecular formula is C27H25Cl2NO3. The molecule has 33 heavy (non-hydrogen) atoms. The second-order valence-corrected chi connectivity index (χ2v) is 10.3. The molecule has 0 saturated heterocycles. The molecule has 4 nitrogen and oxygen atoms in total. The fourth-order valence-corrected chi connectivity index (χ4v) is 4.61. The van der Waals surface area contributed by atoms with Crippen LogP contribution in [0, 0.1) is 0 Å². The molecule has 1 N–H and O–H groups in total. The summed E-state index contributed by atoms with van der Waals surface area (Å²) in [6.45, 7) is 6.45. The summed E-state index contributed by atoms with van der Waals surface area (Å²) < 4.78 is 0. The quantitative estimate of drug-likeness (QED) is 0.435. The second kappa shape index (κ2) is 8.60. The van der Waals surface area contributed by atoms with Gasteiger partial charge < -0.3 is 10.0 Å². The average Bonchev–Trinajstić information content (AvgIpc) is 2.97. The van der Waals surface area contributed by atoms with Crippen LogP contribution in [0.2, 0.25) is 10.0 Å². The lowest BCUT2D eigenvalue weighted by Gasteiger charge is -2.23. The number of ketones is 1. The molecule has 0 spiro atoms. The molecule has 1 aliphatic rings. The zero-order valence-corrected chi connectivity index (χ0v) is 20.2.